The fourth-order valence-electron chi connectivity index (χ4n) is 1.49. The Labute approximate surface area is 122 Å². The molecule has 0 aliphatic rings. The standard InChI is InChI=1S/C12H7Cl2FN2O3/c13-6-3-1-5(2-4-6)10-8(15)9(16)7(14)11(17-10)20-12(18)19/h1-4H,(H2,16,17)(H,18,19). The molecule has 8 heteroatoms. The maximum atomic E-state index is 14.1. The van der Waals surface area contributed by atoms with Crippen LogP contribution in [-0.4, -0.2) is 16.2 Å². The van der Waals surface area contributed by atoms with Gasteiger partial charge in [0.1, 0.15) is 10.7 Å². The first-order chi connectivity index (χ1) is 9.40. The highest BCUT2D eigenvalue weighted by Gasteiger charge is 2.20. The predicted octanol–water partition coefficient (Wildman–Crippen LogP) is 3.83. The van der Waals surface area contributed by atoms with Gasteiger partial charge in [0.25, 0.3) is 0 Å². The number of rotatable bonds is 2. The van der Waals surface area contributed by atoms with Crippen molar-refractivity contribution < 1.29 is 19.0 Å². The van der Waals surface area contributed by atoms with Gasteiger partial charge in [0.05, 0.1) is 5.69 Å². The van der Waals surface area contributed by atoms with E-state index >= 15 is 0 Å². The number of hydrogen-bond acceptors (Lipinski definition) is 4. The number of anilines is 1. The normalized spacial score (nSPS) is 10.3. The topological polar surface area (TPSA) is 85.4 Å². The molecule has 0 atom stereocenters. The van der Waals surface area contributed by atoms with E-state index in [1.807, 2.05) is 0 Å². The summed E-state index contributed by atoms with van der Waals surface area (Å²) in [6, 6.07) is 6.07. The van der Waals surface area contributed by atoms with Gasteiger partial charge < -0.3 is 15.6 Å². The quantitative estimate of drug-likeness (QED) is 0.822. The number of carboxylic acid groups (broad SMARTS) is 1. The molecule has 0 fully saturated rings. The number of benzene rings is 1. The summed E-state index contributed by atoms with van der Waals surface area (Å²) in [5.41, 5.74) is 5.21. The van der Waals surface area contributed by atoms with Crippen LogP contribution in [0.1, 0.15) is 0 Å². The van der Waals surface area contributed by atoms with Gasteiger partial charge in [0, 0.05) is 10.6 Å². The van der Waals surface area contributed by atoms with Crippen LogP contribution in [0.15, 0.2) is 24.3 Å². The molecule has 1 aromatic carbocycles. The molecule has 0 aliphatic heterocycles. The highest BCUT2D eigenvalue weighted by Crippen LogP contribution is 2.36. The van der Waals surface area contributed by atoms with Crippen LogP contribution in [0, 0.1) is 5.82 Å². The van der Waals surface area contributed by atoms with Gasteiger partial charge in [-0.25, -0.2) is 14.2 Å². The van der Waals surface area contributed by atoms with E-state index in [1.54, 1.807) is 0 Å². The number of pyridine rings is 1. The molecule has 5 nitrogen and oxygen atoms in total. The van der Waals surface area contributed by atoms with Crippen molar-refractivity contribution in [1.29, 1.82) is 0 Å². The molecular formula is C12H7Cl2FN2O3. The molecule has 2 rings (SSSR count). The largest absolute Gasteiger partial charge is 0.512 e. The lowest BCUT2D eigenvalue weighted by Gasteiger charge is -2.10. The number of halogens is 3. The summed E-state index contributed by atoms with van der Waals surface area (Å²) in [5, 5.41) is 8.63. The van der Waals surface area contributed by atoms with Crippen molar-refractivity contribution in [2.24, 2.45) is 0 Å². The Morgan fingerprint density at radius 2 is 1.90 bits per heavy atom. The van der Waals surface area contributed by atoms with E-state index in [2.05, 4.69) is 9.72 Å². The molecule has 0 saturated heterocycles. The summed E-state index contributed by atoms with van der Waals surface area (Å²) >= 11 is 11.4. The average molecular weight is 317 g/mol. The SMILES string of the molecule is Nc1c(F)c(-c2ccc(Cl)cc2)nc(OC(=O)O)c1Cl. The van der Waals surface area contributed by atoms with Gasteiger partial charge >= 0.3 is 6.16 Å². The molecule has 0 bridgehead atoms. The molecule has 0 spiro atoms. The van der Waals surface area contributed by atoms with Crippen molar-refractivity contribution in [1.82, 2.24) is 4.98 Å². The van der Waals surface area contributed by atoms with Crippen molar-refractivity contribution in [3.8, 4) is 17.1 Å². The van der Waals surface area contributed by atoms with E-state index < -0.39 is 28.6 Å². The molecule has 0 saturated carbocycles. The fraction of sp³-hybridized carbons (Fsp3) is 0. The van der Waals surface area contributed by atoms with Crippen LogP contribution >= 0.6 is 23.2 Å². The monoisotopic (exact) mass is 316 g/mol. The number of carbonyl (C=O) groups is 1. The van der Waals surface area contributed by atoms with Crippen molar-refractivity contribution in [3.63, 3.8) is 0 Å². The molecular weight excluding hydrogens is 310 g/mol. The Bertz CT molecular complexity index is 677. The van der Waals surface area contributed by atoms with E-state index in [0.717, 1.165) is 0 Å². The second-order valence-electron chi connectivity index (χ2n) is 3.68. The van der Waals surface area contributed by atoms with E-state index in [4.69, 9.17) is 34.0 Å². The third-order valence-corrected chi connectivity index (χ3v) is 3.00. The molecule has 20 heavy (non-hydrogen) atoms. The van der Waals surface area contributed by atoms with Gasteiger partial charge in [0.15, 0.2) is 5.82 Å². The summed E-state index contributed by atoms with van der Waals surface area (Å²) in [4.78, 5) is 14.3. The third kappa shape index (κ3) is 2.76. The van der Waals surface area contributed by atoms with Crippen LogP contribution < -0.4 is 10.5 Å². The Balaban J connectivity index is 2.60. The highest BCUT2D eigenvalue weighted by molar-refractivity contribution is 6.34. The van der Waals surface area contributed by atoms with Crippen LogP contribution in [0.25, 0.3) is 11.3 Å². The Morgan fingerprint density at radius 1 is 1.30 bits per heavy atom. The molecule has 0 amide bonds. The number of aromatic nitrogens is 1. The zero-order chi connectivity index (χ0) is 14.9. The van der Waals surface area contributed by atoms with Crippen molar-refractivity contribution in [2.75, 3.05) is 5.73 Å². The van der Waals surface area contributed by atoms with Gasteiger partial charge in [-0.05, 0) is 12.1 Å². The summed E-state index contributed by atoms with van der Waals surface area (Å²) in [7, 11) is 0. The molecule has 104 valence electrons. The number of hydrogen-bond donors (Lipinski definition) is 2. The van der Waals surface area contributed by atoms with Crippen LogP contribution in [-0.2, 0) is 0 Å². The van der Waals surface area contributed by atoms with Crippen LogP contribution in [0.3, 0.4) is 0 Å². The number of nitrogens with zero attached hydrogens (tertiary/aromatic N) is 1. The summed E-state index contributed by atoms with van der Waals surface area (Å²) in [6.45, 7) is 0. The minimum absolute atomic E-state index is 0.181. The molecule has 0 unspecified atom stereocenters. The fourth-order valence-corrected chi connectivity index (χ4v) is 1.78. The first-order valence-electron chi connectivity index (χ1n) is 5.21. The van der Waals surface area contributed by atoms with Gasteiger partial charge in [-0.1, -0.05) is 35.3 Å². The summed E-state index contributed by atoms with van der Waals surface area (Å²) in [5.74, 6) is -1.35. The molecule has 3 N–H and O–H groups in total. The maximum absolute atomic E-state index is 14.1. The average Bonchev–Trinajstić information content (AvgIpc) is 2.40. The number of nitrogens with two attached hydrogens (primary N) is 1. The Kier molecular flexibility index (Phi) is 3.96. The number of ether oxygens (including phenoxy) is 1. The second kappa shape index (κ2) is 5.52. The minimum Gasteiger partial charge on any atom is -0.449 e. The van der Waals surface area contributed by atoms with Gasteiger partial charge in [-0.3, -0.25) is 0 Å². The molecule has 1 aromatic heterocycles. The summed E-state index contributed by atoms with van der Waals surface area (Å²) < 4.78 is 18.4. The lowest BCUT2D eigenvalue weighted by atomic mass is 10.1. The van der Waals surface area contributed by atoms with Gasteiger partial charge in [0.2, 0.25) is 5.88 Å². The lowest BCUT2D eigenvalue weighted by Crippen LogP contribution is -2.08. The maximum Gasteiger partial charge on any atom is 0.512 e. The van der Waals surface area contributed by atoms with Gasteiger partial charge in [-0.2, -0.15) is 0 Å². The van der Waals surface area contributed by atoms with Crippen LogP contribution in [0.5, 0.6) is 5.88 Å². The Morgan fingerprint density at radius 3 is 2.45 bits per heavy atom. The van der Waals surface area contributed by atoms with Gasteiger partial charge in [-0.15, -0.1) is 0 Å². The van der Waals surface area contributed by atoms with Crippen molar-refractivity contribution in [3.05, 3.63) is 40.1 Å². The first kappa shape index (κ1) is 14.4. The van der Waals surface area contributed by atoms with E-state index in [0.29, 0.717) is 10.6 Å². The lowest BCUT2D eigenvalue weighted by molar-refractivity contribution is 0.142. The van der Waals surface area contributed by atoms with E-state index in [9.17, 15) is 9.18 Å². The smallest absolute Gasteiger partial charge is 0.449 e. The molecule has 2 aromatic rings. The van der Waals surface area contributed by atoms with Crippen LogP contribution in [0.2, 0.25) is 10.0 Å². The van der Waals surface area contributed by atoms with E-state index in [-0.39, 0.29) is 5.69 Å². The van der Waals surface area contributed by atoms with Crippen molar-refractivity contribution >= 4 is 35.0 Å². The predicted molar refractivity (Wildman–Crippen MR) is 72.7 cm³/mol. The highest BCUT2D eigenvalue weighted by atomic mass is 35.5. The van der Waals surface area contributed by atoms with Crippen LogP contribution in [0.4, 0.5) is 14.9 Å². The number of nitrogen functional groups attached to an aromatic ring is 1. The zero-order valence-electron chi connectivity index (χ0n) is 9.73. The Hall–Kier alpha value is -2.05. The van der Waals surface area contributed by atoms with Crippen molar-refractivity contribution in [2.45, 2.75) is 0 Å². The zero-order valence-corrected chi connectivity index (χ0v) is 11.2. The first-order valence-corrected chi connectivity index (χ1v) is 5.97. The summed E-state index contributed by atoms with van der Waals surface area (Å²) in [6.07, 6.45) is -1.63. The molecule has 0 radical (unpaired) electrons. The minimum atomic E-state index is -1.63. The molecule has 0 aliphatic carbocycles. The van der Waals surface area contributed by atoms with E-state index in [1.165, 1.54) is 24.3 Å². The third-order valence-electron chi connectivity index (χ3n) is 2.38. The molecule has 1 heterocycles. The second-order valence-corrected chi connectivity index (χ2v) is 4.50.